The summed E-state index contributed by atoms with van der Waals surface area (Å²) in [6.07, 6.45) is 3.54. The van der Waals surface area contributed by atoms with Crippen molar-refractivity contribution in [1.82, 2.24) is 10.2 Å². The maximum atomic E-state index is 12.6. The molecule has 0 amide bonds. The molecular formula is C16H19N3O2S. The number of nitrogens with one attached hydrogen (secondary N) is 2. The van der Waals surface area contributed by atoms with Crippen molar-refractivity contribution in [2.45, 2.75) is 32.6 Å². The lowest BCUT2D eigenvalue weighted by Crippen LogP contribution is -2.24. The Morgan fingerprint density at radius 3 is 3.00 bits per heavy atom. The Bertz CT molecular complexity index is 688. The molecule has 3 heterocycles. The molecule has 0 spiro atoms. The van der Waals surface area contributed by atoms with E-state index in [2.05, 4.69) is 28.5 Å². The topological polar surface area (TPSA) is 67.0 Å². The fraction of sp³-hybridized carbons (Fsp3) is 0.375. The Kier molecular flexibility index (Phi) is 4.29. The number of nitrogens with zero attached hydrogens (tertiary/aromatic N) is 1. The predicted octanol–water partition coefficient (Wildman–Crippen LogP) is 3.65. The highest BCUT2D eigenvalue weighted by Crippen LogP contribution is 2.43. The largest absolute Gasteiger partial charge is 0.463 e. The van der Waals surface area contributed by atoms with Crippen LogP contribution in [0.15, 0.2) is 35.0 Å². The van der Waals surface area contributed by atoms with Gasteiger partial charge in [0.2, 0.25) is 0 Å². The number of aromatic amines is 1. The number of thiophene rings is 1. The highest BCUT2D eigenvalue weighted by molar-refractivity contribution is 7.10. The van der Waals surface area contributed by atoms with E-state index >= 15 is 0 Å². The first kappa shape index (κ1) is 14.8. The van der Waals surface area contributed by atoms with Crippen LogP contribution in [-0.2, 0) is 9.53 Å². The number of H-pyrrole nitrogens is 1. The Morgan fingerprint density at radius 1 is 1.45 bits per heavy atom. The molecule has 2 aromatic rings. The van der Waals surface area contributed by atoms with E-state index in [-0.39, 0.29) is 11.9 Å². The van der Waals surface area contributed by atoms with Gasteiger partial charge in [-0.25, -0.2) is 4.79 Å². The molecule has 1 atom stereocenters. The van der Waals surface area contributed by atoms with E-state index in [1.54, 1.807) is 17.5 Å². The summed E-state index contributed by atoms with van der Waals surface area (Å²) in [6.45, 7) is 4.30. The van der Waals surface area contributed by atoms with Crippen molar-refractivity contribution in [1.29, 1.82) is 0 Å². The van der Waals surface area contributed by atoms with Crippen LogP contribution in [0.3, 0.4) is 0 Å². The number of rotatable bonds is 5. The maximum absolute atomic E-state index is 12.6. The number of aromatic nitrogens is 2. The Hall–Kier alpha value is -2.08. The summed E-state index contributed by atoms with van der Waals surface area (Å²) in [5.41, 5.74) is 2.63. The van der Waals surface area contributed by atoms with Crippen molar-refractivity contribution < 1.29 is 9.53 Å². The molecule has 0 saturated heterocycles. The highest BCUT2D eigenvalue weighted by atomic mass is 32.1. The zero-order chi connectivity index (χ0) is 15.5. The number of esters is 1. The fourth-order valence-corrected chi connectivity index (χ4v) is 3.66. The molecule has 3 rings (SSSR count). The molecule has 2 N–H and O–H groups in total. The molecule has 1 aliphatic heterocycles. The minimum atomic E-state index is -0.247. The summed E-state index contributed by atoms with van der Waals surface area (Å²) in [5.74, 6) is 0.509. The van der Waals surface area contributed by atoms with Crippen molar-refractivity contribution >= 4 is 23.1 Å². The minimum absolute atomic E-state index is 0.115. The molecule has 1 aliphatic rings. The van der Waals surface area contributed by atoms with Crippen molar-refractivity contribution in [3.05, 3.63) is 45.4 Å². The zero-order valence-electron chi connectivity index (χ0n) is 12.7. The van der Waals surface area contributed by atoms with Gasteiger partial charge in [-0.1, -0.05) is 19.4 Å². The van der Waals surface area contributed by atoms with Crippen LogP contribution in [0.1, 0.15) is 43.0 Å². The van der Waals surface area contributed by atoms with Crippen LogP contribution in [0.5, 0.6) is 0 Å². The van der Waals surface area contributed by atoms with Crippen LogP contribution in [0.4, 0.5) is 5.82 Å². The fourth-order valence-electron chi connectivity index (χ4n) is 2.81. The van der Waals surface area contributed by atoms with Gasteiger partial charge >= 0.3 is 5.97 Å². The third-order valence-electron chi connectivity index (χ3n) is 3.69. The van der Waals surface area contributed by atoms with Crippen LogP contribution >= 0.6 is 11.3 Å². The Balaban J connectivity index is 2.13. The number of fused-ring (bicyclic) bond motifs is 1. The maximum Gasteiger partial charge on any atom is 0.336 e. The van der Waals surface area contributed by atoms with E-state index in [0.29, 0.717) is 12.2 Å². The number of allylic oxidation sites excluding steroid dienone is 1. The van der Waals surface area contributed by atoms with Crippen molar-refractivity contribution in [2.24, 2.45) is 0 Å². The molecule has 0 aliphatic carbocycles. The van der Waals surface area contributed by atoms with Gasteiger partial charge < -0.3 is 10.1 Å². The molecule has 1 unspecified atom stereocenters. The summed E-state index contributed by atoms with van der Waals surface area (Å²) in [6, 6.07) is 4.06. The normalized spacial score (nSPS) is 17.1. The summed E-state index contributed by atoms with van der Waals surface area (Å²) in [7, 11) is 0. The second-order valence-electron chi connectivity index (χ2n) is 5.14. The van der Waals surface area contributed by atoms with E-state index in [0.717, 1.165) is 34.8 Å². The van der Waals surface area contributed by atoms with Gasteiger partial charge in [0.05, 0.1) is 24.3 Å². The molecule has 0 aromatic carbocycles. The monoisotopic (exact) mass is 317 g/mol. The number of anilines is 1. The van der Waals surface area contributed by atoms with Gasteiger partial charge in [-0.2, -0.15) is 5.10 Å². The molecule has 0 fully saturated rings. The van der Waals surface area contributed by atoms with Crippen molar-refractivity contribution in [3.8, 4) is 0 Å². The van der Waals surface area contributed by atoms with E-state index in [9.17, 15) is 4.79 Å². The molecule has 0 bridgehead atoms. The van der Waals surface area contributed by atoms with Gasteiger partial charge in [0, 0.05) is 16.1 Å². The quantitative estimate of drug-likeness (QED) is 0.826. The number of hydrogen-bond acceptors (Lipinski definition) is 5. The standard InChI is InChI=1S/C16H19N3O2S/c1-3-6-11-14(16(20)21-4-2)13(12-7-5-8-22-12)10-9-17-19-15(10)18-11/h5,7-9,13H,3-4,6H2,1-2H3,(H2,17,18,19). The summed E-state index contributed by atoms with van der Waals surface area (Å²) in [4.78, 5) is 13.7. The van der Waals surface area contributed by atoms with Gasteiger partial charge in [0.25, 0.3) is 0 Å². The highest BCUT2D eigenvalue weighted by Gasteiger charge is 2.35. The molecular weight excluding hydrogens is 298 g/mol. The van der Waals surface area contributed by atoms with Crippen LogP contribution in [0.2, 0.25) is 0 Å². The predicted molar refractivity (Wildman–Crippen MR) is 86.9 cm³/mol. The summed E-state index contributed by atoms with van der Waals surface area (Å²) < 4.78 is 5.32. The Labute approximate surface area is 133 Å². The lowest BCUT2D eigenvalue weighted by Gasteiger charge is -2.27. The van der Waals surface area contributed by atoms with Gasteiger partial charge in [-0.05, 0) is 24.8 Å². The first-order chi connectivity index (χ1) is 10.8. The van der Waals surface area contributed by atoms with E-state index in [1.807, 2.05) is 18.4 Å². The molecule has 5 nitrogen and oxygen atoms in total. The summed E-state index contributed by atoms with van der Waals surface area (Å²) >= 11 is 1.64. The molecule has 6 heteroatoms. The van der Waals surface area contributed by atoms with Gasteiger partial charge in [0.1, 0.15) is 5.82 Å². The van der Waals surface area contributed by atoms with E-state index in [1.165, 1.54) is 0 Å². The molecule has 116 valence electrons. The molecule has 0 saturated carbocycles. The number of carbonyl (C=O) groups is 1. The molecule has 2 aromatic heterocycles. The van der Waals surface area contributed by atoms with Gasteiger partial charge in [0.15, 0.2) is 0 Å². The van der Waals surface area contributed by atoms with Gasteiger partial charge in [-0.3, -0.25) is 5.10 Å². The smallest absolute Gasteiger partial charge is 0.336 e. The SMILES string of the molecule is CCCC1=C(C(=O)OCC)C(c2cccs2)c2cn[nH]c2N1. The first-order valence-corrected chi connectivity index (χ1v) is 8.38. The number of carbonyl (C=O) groups excluding carboxylic acids is 1. The number of ether oxygens (including phenoxy) is 1. The Morgan fingerprint density at radius 2 is 2.32 bits per heavy atom. The summed E-state index contributed by atoms with van der Waals surface area (Å²) in [5, 5.41) is 12.5. The van der Waals surface area contributed by atoms with E-state index in [4.69, 9.17) is 4.74 Å². The minimum Gasteiger partial charge on any atom is -0.463 e. The first-order valence-electron chi connectivity index (χ1n) is 7.50. The second-order valence-corrected chi connectivity index (χ2v) is 6.12. The third kappa shape index (κ3) is 2.54. The van der Waals surface area contributed by atoms with Crippen molar-refractivity contribution in [3.63, 3.8) is 0 Å². The second kappa shape index (κ2) is 6.36. The van der Waals surface area contributed by atoms with Crippen LogP contribution < -0.4 is 5.32 Å². The van der Waals surface area contributed by atoms with Crippen LogP contribution in [0, 0.1) is 0 Å². The average molecular weight is 317 g/mol. The lowest BCUT2D eigenvalue weighted by atomic mass is 9.86. The van der Waals surface area contributed by atoms with Crippen LogP contribution in [0.25, 0.3) is 0 Å². The zero-order valence-corrected chi connectivity index (χ0v) is 13.5. The van der Waals surface area contributed by atoms with Crippen molar-refractivity contribution in [2.75, 3.05) is 11.9 Å². The third-order valence-corrected chi connectivity index (χ3v) is 4.63. The van der Waals surface area contributed by atoms with Crippen LogP contribution in [-0.4, -0.2) is 22.8 Å². The molecule has 22 heavy (non-hydrogen) atoms. The number of hydrogen-bond donors (Lipinski definition) is 2. The van der Waals surface area contributed by atoms with E-state index < -0.39 is 0 Å². The lowest BCUT2D eigenvalue weighted by molar-refractivity contribution is -0.138. The molecule has 0 radical (unpaired) electrons. The van der Waals surface area contributed by atoms with Gasteiger partial charge in [-0.15, -0.1) is 11.3 Å². The average Bonchev–Trinajstić information content (AvgIpc) is 3.17.